The monoisotopic (exact) mass is 608 g/mol. The lowest BCUT2D eigenvalue weighted by atomic mass is 9.88. The van der Waals surface area contributed by atoms with Crippen molar-refractivity contribution in [3.8, 4) is 18.1 Å². The Morgan fingerprint density at radius 1 is 1.20 bits per heavy atom. The van der Waals surface area contributed by atoms with Crippen molar-refractivity contribution in [3.63, 3.8) is 0 Å². The number of rotatable bonds is 9. The van der Waals surface area contributed by atoms with Gasteiger partial charge in [-0.3, -0.25) is 4.90 Å². The molecule has 4 aliphatic rings. The molecule has 3 aromatic heterocycles. The fourth-order valence-electron chi connectivity index (χ4n) is 6.30. The van der Waals surface area contributed by atoms with Crippen molar-refractivity contribution in [1.29, 1.82) is 10.5 Å². The fraction of sp³-hybridized carbons (Fsp3) is 0.571. The van der Waals surface area contributed by atoms with E-state index in [2.05, 4.69) is 32.8 Å². The molecule has 1 saturated carbocycles. The van der Waals surface area contributed by atoms with E-state index in [4.69, 9.17) is 25.2 Å². The number of fused-ring (bicyclic) bond motifs is 3. The van der Waals surface area contributed by atoms with Gasteiger partial charge in [-0.1, -0.05) is 0 Å². The topological polar surface area (TPSA) is 129 Å². The molecule has 0 amide bonds. The molecule has 0 bridgehead atoms. The number of thioether (sulfide) groups is 2. The van der Waals surface area contributed by atoms with Gasteiger partial charge < -0.3 is 24.7 Å². The van der Waals surface area contributed by atoms with Crippen LogP contribution >= 0.6 is 34.9 Å². The van der Waals surface area contributed by atoms with Crippen LogP contribution in [-0.2, 0) is 21.8 Å². The van der Waals surface area contributed by atoms with E-state index >= 15 is 0 Å². The Labute approximate surface area is 251 Å². The van der Waals surface area contributed by atoms with Gasteiger partial charge in [0.2, 0.25) is 0 Å². The summed E-state index contributed by atoms with van der Waals surface area (Å²) in [7, 11) is 0. The SMILES string of the molecule is CSCCn1cc(C#N)c2c(N3CC4(C3)SCc3sc(N)c(C#N)c34)nc(OCC3(CN4CCOCC4)CC3)nc21. The predicted molar refractivity (Wildman–Crippen MR) is 164 cm³/mol. The average molecular weight is 609 g/mol. The summed E-state index contributed by atoms with van der Waals surface area (Å²) in [6.45, 7) is 7.24. The van der Waals surface area contributed by atoms with Gasteiger partial charge in [-0.15, -0.1) is 23.1 Å². The summed E-state index contributed by atoms with van der Waals surface area (Å²) in [5.74, 6) is 2.52. The maximum absolute atomic E-state index is 10.1. The van der Waals surface area contributed by atoms with Crippen LogP contribution in [0.4, 0.5) is 10.8 Å². The second-order valence-corrected chi connectivity index (χ2v) is 14.9. The van der Waals surface area contributed by atoms with Gasteiger partial charge in [0, 0.05) is 72.8 Å². The summed E-state index contributed by atoms with van der Waals surface area (Å²) < 4.78 is 13.8. The third-order valence-corrected chi connectivity index (χ3v) is 11.9. The molecule has 13 heteroatoms. The highest BCUT2D eigenvalue weighted by atomic mass is 32.2. The number of hydrogen-bond acceptors (Lipinski definition) is 12. The Kier molecular flexibility index (Phi) is 6.99. The summed E-state index contributed by atoms with van der Waals surface area (Å²) in [6.07, 6.45) is 6.26. The number of morpholine rings is 1. The lowest BCUT2D eigenvalue weighted by Crippen LogP contribution is -2.57. The lowest BCUT2D eigenvalue weighted by molar-refractivity contribution is 0.0231. The molecule has 1 aliphatic carbocycles. The first kappa shape index (κ1) is 27.2. The molecule has 2 saturated heterocycles. The number of nitriles is 2. The third kappa shape index (κ3) is 4.72. The number of aryl methyl sites for hydroxylation is 1. The molecule has 0 unspecified atom stereocenters. The molecule has 214 valence electrons. The minimum Gasteiger partial charge on any atom is -0.463 e. The summed E-state index contributed by atoms with van der Waals surface area (Å²) in [4.78, 5) is 15.7. The maximum Gasteiger partial charge on any atom is 0.320 e. The first-order chi connectivity index (χ1) is 20.0. The van der Waals surface area contributed by atoms with Gasteiger partial charge in [0.1, 0.15) is 23.0 Å². The second kappa shape index (κ2) is 10.5. The molecule has 2 N–H and O–H groups in total. The number of nitrogens with two attached hydrogens (primary N) is 1. The van der Waals surface area contributed by atoms with E-state index in [1.165, 1.54) is 16.2 Å². The molecule has 0 radical (unpaired) electrons. The van der Waals surface area contributed by atoms with Gasteiger partial charge in [0.25, 0.3) is 0 Å². The molecule has 41 heavy (non-hydrogen) atoms. The second-order valence-electron chi connectivity index (χ2n) is 11.4. The zero-order chi connectivity index (χ0) is 28.2. The van der Waals surface area contributed by atoms with Crippen molar-refractivity contribution in [2.75, 3.05) is 75.2 Å². The summed E-state index contributed by atoms with van der Waals surface area (Å²) >= 11 is 5.18. The van der Waals surface area contributed by atoms with E-state index in [0.717, 1.165) is 86.2 Å². The summed E-state index contributed by atoms with van der Waals surface area (Å²) in [5, 5.41) is 21.3. The molecule has 0 atom stereocenters. The van der Waals surface area contributed by atoms with Gasteiger partial charge in [-0.2, -0.15) is 32.3 Å². The van der Waals surface area contributed by atoms with E-state index in [-0.39, 0.29) is 10.2 Å². The number of ether oxygens (including phenoxy) is 2. The normalized spacial score (nSPS) is 20.5. The van der Waals surface area contributed by atoms with Gasteiger partial charge in [-0.05, 0) is 19.1 Å². The van der Waals surface area contributed by atoms with Gasteiger partial charge in [0.15, 0.2) is 5.65 Å². The third-order valence-electron chi connectivity index (χ3n) is 8.71. The number of aromatic nitrogens is 3. The van der Waals surface area contributed by atoms with Crippen LogP contribution in [0.2, 0.25) is 0 Å². The van der Waals surface area contributed by atoms with Crippen LogP contribution in [-0.4, -0.2) is 84.0 Å². The summed E-state index contributed by atoms with van der Waals surface area (Å²) in [5.41, 5.74) is 9.38. The molecule has 0 aromatic carbocycles. The molecule has 3 fully saturated rings. The minimum absolute atomic E-state index is 0.138. The van der Waals surface area contributed by atoms with E-state index in [9.17, 15) is 10.5 Å². The standard InChI is InChI=1S/C28H32N8O2S3/c1-39-9-6-35-12-18(10-29)21-24(35)32-26(38-17-27(2-3-27)14-34-4-7-37-8-5-34)33-25(21)36-15-28(16-36)22-19(11-30)23(31)41-20(22)13-40-28/h12H,2-9,13-17,31H2,1H3. The van der Waals surface area contributed by atoms with Crippen LogP contribution < -0.4 is 15.4 Å². The Bertz CT molecular complexity index is 1570. The molecule has 7 rings (SSSR count). The Morgan fingerprint density at radius 3 is 2.71 bits per heavy atom. The molecule has 1 spiro atoms. The number of nitrogen functional groups attached to an aromatic ring is 1. The summed E-state index contributed by atoms with van der Waals surface area (Å²) in [6, 6.07) is 5.10. The Morgan fingerprint density at radius 2 is 2.00 bits per heavy atom. The Balaban J connectivity index is 1.20. The highest BCUT2D eigenvalue weighted by molar-refractivity contribution is 8.00. The highest BCUT2D eigenvalue weighted by Gasteiger charge is 2.53. The van der Waals surface area contributed by atoms with E-state index in [0.29, 0.717) is 41.8 Å². The quantitative estimate of drug-likeness (QED) is 0.382. The van der Waals surface area contributed by atoms with Crippen LogP contribution in [0.1, 0.15) is 34.4 Å². The molecular formula is C28H32N8O2S3. The molecule has 10 nitrogen and oxygen atoms in total. The van der Waals surface area contributed by atoms with Crippen molar-refractivity contribution in [2.24, 2.45) is 5.41 Å². The van der Waals surface area contributed by atoms with Crippen LogP contribution in [0.15, 0.2) is 6.20 Å². The number of anilines is 2. The van der Waals surface area contributed by atoms with Crippen molar-refractivity contribution < 1.29 is 9.47 Å². The van der Waals surface area contributed by atoms with E-state index in [1.54, 1.807) is 11.8 Å². The van der Waals surface area contributed by atoms with Gasteiger partial charge in [-0.25, -0.2) is 0 Å². The van der Waals surface area contributed by atoms with Crippen LogP contribution in [0.25, 0.3) is 11.0 Å². The molecular weight excluding hydrogens is 577 g/mol. The minimum atomic E-state index is -0.183. The number of hydrogen-bond donors (Lipinski definition) is 1. The zero-order valence-corrected chi connectivity index (χ0v) is 25.5. The van der Waals surface area contributed by atoms with Crippen molar-refractivity contribution in [3.05, 3.63) is 27.8 Å². The predicted octanol–water partition coefficient (Wildman–Crippen LogP) is 3.63. The van der Waals surface area contributed by atoms with E-state index in [1.807, 2.05) is 18.0 Å². The smallest absolute Gasteiger partial charge is 0.320 e. The van der Waals surface area contributed by atoms with Crippen molar-refractivity contribution in [2.45, 2.75) is 29.9 Å². The highest BCUT2D eigenvalue weighted by Crippen LogP contribution is 2.58. The van der Waals surface area contributed by atoms with Crippen LogP contribution in [0, 0.1) is 28.1 Å². The largest absolute Gasteiger partial charge is 0.463 e. The van der Waals surface area contributed by atoms with E-state index < -0.39 is 0 Å². The zero-order valence-electron chi connectivity index (χ0n) is 23.0. The molecule has 3 aromatic rings. The van der Waals surface area contributed by atoms with Crippen molar-refractivity contribution >= 4 is 56.7 Å². The van der Waals surface area contributed by atoms with Gasteiger partial charge in [0.05, 0.1) is 41.1 Å². The van der Waals surface area contributed by atoms with Gasteiger partial charge >= 0.3 is 6.01 Å². The molecule has 3 aliphatic heterocycles. The average Bonchev–Trinajstić information content (AvgIpc) is 3.32. The lowest BCUT2D eigenvalue weighted by Gasteiger charge is -2.48. The first-order valence-electron chi connectivity index (χ1n) is 13.9. The maximum atomic E-state index is 10.1. The van der Waals surface area contributed by atoms with Crippen molar-refractivity contribution in [1.82, 2.24) is 19.4 Å². The van der Waals surface area contributed by atoms with Crippen LogP contribution in [0.5, 0.6) is 6.01 Å². The first-order valence-corrected chi connectivity index (χ1v) is 17.1. The van der Waals surface area contributed by atoms with Crippen LogP contribution in [0.3, 0.4) is 0 Å². The number of nitrogens with zero attached hydrogens (tertiary/aromatic N) is 7. The Hall–Kier alpha value is -2.68. The molecule has 6 heterocycles. The fourth-order valence-corrected chi connectivity index (χ4v) is 9.49. The number of thiophene rings is 1.